The van der Waals surface area contributed by atoms with Gasteiger partial charge in [-0.2, -0.15) is 0 Å². The SMILES string of the molecule is COc1cc([C@@H]2/C(=C(\O)c3ccc(OCc4ccccc4C)cc3)C(=O)C(=O)N2Cc2ccco2)cc(OC)c1OC. The van der Waals surface area contributed by atoms with Crippen LogP contribution in [0.2, 0.25) is 0 Å². The summed E-state index contributed by atoms with van der Waals surface area (Å²) >= 11 is 0. The van der Waals surface area contributed by atoms with Crippen molar-refractivity contribution in [2.24, 2.45) is 0 Å². The van der Waals surface area contributed by atoms with Gasteiger partial charge in [-0.3, -0.25) is 9.59 Å². The Labute approximate surface area is 243 Å². The number of aliphatic hydroxyl groups is 1. The summed E-state index contributed by atoms with van der Waals surface area (Å²) in [4.78, 5) is 28.2. The molecule has 9 heteroatoms. The van der Waals surface area contributed by atoms with Gasteiger partial charge in [-0.15, -0.1) is 0 Å². The molecule has 0 unspecified atom stereocenters. The van der Waals surface area contributed by atoms with Gasteiger partial charge in [-0.25, -0.2) is 0 Å². The van der Waals surface area contributed by atoms with Crippen molar-refractivity contribution in [3.8, 4) is 23.0 Å². The maximum atomic E-state index is 13.5. The second-order valence-electron chi connectivity index (χ2n) is 9.70. The molecule has 4 aromatic rings. The highest BCUT2D eigenvalue weighted by molar-refractivity contribution is 6.46. The topological polar surface area (TPSA) is 108 Å². The zero-order valence-corrected chi connectivity index (χ0v) is 23.7. The standard InChI is InChI=1S/C33H31NO8/c1-20-8-5-6-9-22(20)19-42-24-13-11-21(12-14-24)30(35)28-29(23-16-26(38-2)32(40-4)27(17-23)39-3)34(33(37)31(28)36)18-25-10-7-15-41-25/h5-17,29,35H,18-19H2,1-4H3/b30-28+/t29-/m1/s1. The normalized spacial score (nSPS) is 16.0. The Hall–Kier alpha value is -5.18. The van der Waals surface area contributed by atoms with Crippen LogP contribution < -0.4 is 18.9 Å². The van der Waals surface area contributed by atoms with Crippen LogP contribution >= 0.6 is 0 Å². The number of ketones is 1. The van der Waals surface area contributed by atoms with E-state index in [4.69, 9.17) is 23.4 Å². The van der Waals surface area contributed by atoms with Gasteiger partial charge in [0.1, 0.15) is 23.9 Å². The number of benzene rings is 3. The molecule has 0 saturated carbocycles. The van der Waals surface area contributed by atoms with Crippen LogP contribution in [-0.2, 0) is 22.7 Å². The predicted molar refractivity (Wildman–Crippen MR) is 155 cm³/mol. The Kier molecular flexibility index (Phi) is 8.19. The first-order valence-corrected chi connectivity index (χ1v) is 13.2. The third-order valence-corrected chi connectivity index (χ3v) is 7.23. The highest BCUT2D eigenvalue weighted by Gasteiger charge is 2.47. The van der Waals surface area contributed by atoms with Crippen LogP contribution in [0.15, 0.2) is 89.0 Å². The van der Waals surface area contributed by atoms with Gasteiger partial charge in [0, 0.05) is 5.56 Å². The summed E-state index contributed by atoms with van der Waals surface area (Å²) in [6.45, 7) is 2.41. The minimum atomic E-state index is -0.971. The molecule has 2 heterocycles. The number of aryl methyl sites for hydroxylation is 1. The number of ether oxygens (including phenoxy) is 4. The first kappa shape index (κ1) is 28.4. The van der Waals surface area contributed by atoms with E-state index in [1.807, 2.05) is 31.2 Å². The molecule has 1 fully saturated rings. The molecule has 1 aromatic heterocycles. The Morgan fingerprint density at radius 2 is 1.60 bits per heavy atom. The average Bonchev–Trinajstić information content (AvgIpc) is 3.62. The Bertz CT molecular complexity index is 1600. The zero-order valence-electron chi connectivity index (χ0n) is 23.7. The maximum Gasteiger partial charge on any atom is 0.296 e. The Balaban J connectivity index is 1.55. The van der Waals surface area contributed by atoms with Gasteiger partial charge in [-0.05, 0) is 72.1 Å². The molecule has 1 amide bonds. The van der Waals surface area contributed by atoms with Crippen LogP contribution in [-0.4, -0.2) is 43.0 Å². The number of Topliss-reactive ketones (excluding diaryl/α,β-unsaturated/α-hetero) is 1. The molecule has 0 aliphatic carbocycles. The fourth-order valence-electron chi connectivity index (χ4n) is 5.02. The van der Waals surface area contributed by atoms with Crippen molar-refractivity contribution in [3.63, 3.8) is 0 Å². The molecule has 0 radical (unpaired) electrons. The molecule has 0 bridgehead atoms. The van der Waals surface area contributed by atoms with Crippen molar-refractivity contribution in [1.29, 1.82) is 0 Å². The molecule has 42 heavy (non-hydrogen) atoms. The number of nitrogens with zero attached hydrogens (tertiary/aromatic N) is 1. The fourth-order valence-corrected chi connectivity index (χ4v) is 5.02. The summed E-state index contributed by atoms with van der Waals surface area (Å²) < 4.78 is 27.9. The number of aliphatic hydroxyl groups excluding tert-OH is 1. The van der Waals surface area contributed by atoms with Crippen LogP contribution in [0.1, 0.15) is 34.1 Å². The van der Waals surface area contributed by atoms with E-state index in [0.717, 1.165) is 11.1 Å². The Morgan fingerprint density at radius 3 is 2.19 bits per heavy atom. The smallest absolute Gasteiger partial charge is 0.296 e. The van der Waals surface area contributed by atoms with Gasteiger partial charge < -0.3 is 33.4 Å². The molecule has 1 aliphatic heterocycles. The first-order valence-electron chi connectivity index (χ1n) is 13.2. The minimum absolute atomic E-state index is 0.00135. The molecular weight excluding hydrogens is 538 g/mol. The number of rotatable bonds is 10. The monoisotopic (exact) mass is 569 g/mol. The molecule has 1 atom stereocenters. The molecule has 9 nitrogen and oxygen atoms in total. The van der Waals surface area contributed by atoms with Gasteiger partial charge >= 0.3 is 0 Å². The van der Waals surface area contributed by atoms with Crippen molar-refractivity contribution in [2.45, 2.75) is 26.1 Å². The van der Waals surface area contributed by atoms with E-state index in [2.05, 4.69) is 0 Å². The van der Waals surface area contributed by atoms with E-state index in [-0.39, 0.29) is 17.9 Å². The van der Waals surface area contributed by atoms with E-state index in [9.17, 15) is 14.7 Å². The van der Waals surface area contributed by atoms with Gasteiger partial charge in [0.15, 0.2) is 11.5 Å². The summed E-state index contributed by atoms with van der Waals surface area (Å²) in [5.41, 5.74) is 2.94. The number of amides is 1. The van der Waals surface area contributed by atoms with Crippen molar-refractivity contribution in [3.05, 3.63) is 113 Å². The molecule has 0 spiro atoms. The Morgan fingerprint density at radius 1 is 0.905 bits per heavy atom. The third-order valence-electron chi connectivity index (χ3n) is 7.23. The van der Waals surface area contributed by atoms with Crippen molar-refractivity contribution >= 4 is 17.4 Å². The summed E-state index contributed by atoms with van der Waals surface area (Å²) in [5, 5.41) is 11.5. The lowest BCUT2D eigenvalue weighted by Gasteiger charge is -2.26. The third kappa shape index (κ3) is 5.41. The van der Waals surface area contributed by atoms with E-state index in [1.165, 1.54) is 32.5 Å². The molecule has 1 N–H and O–H groups in total. The van der Waals surface area contributed by atoms with Crippen LogP contribution in [0.4, 0.5) is 0 Å². The van der Waals surface area contributed by atoms with Crippen LogP contribution in [0.25, 0.3) is 5.76 Å². The number of methoxy groups -OCH3 is 3. The molecule has 216 valence electrons. The lowest BCUT2D eigenvalue weighted by atomic mass is 9.94. The molecule has 1 aliphatic rings. The van der Waals surface area contributed by atoms with Crippen LogP contribution in [0.5, 0.6) is 23.0 Å². The van der Waals surface area contributed by atoms with Crippen molar-refractivity contribution in [1.82, 2.24) is 4.90 Å². The van der Waals surface area contributed by atoms with E-state index in [1.54, 1.807) is 48.5 Å². The maximum absolute atomic E-state index is 13.5. The van der Waals surface area contributed by atoms with Crippen LogP contribution in [0, 0.1) is 6.92 Å². The first-order chi connectivity index (χ1) is 20.4. The summed E-state index contributed by atoms with van der Waals surface area (Å²) in [5.74, 6) is 0.185. The number of carbonyl (C=O) groups excluding carboxylic acids is 2. The quantitative estimate of drug-likeness (QED) is 0.145. The van der Waals surface area contributed by atoms with Crippen LogP contribution in [0.3, 0.4) is 0 Å². The zero-order chi connectivity index (χ0) is 29.8. The van der Waals surface area contributed by atoms with Gasteiger partial charge in [-0.1, -0.05) is 24.3 Å². The van der Waals surface area contributed by atoms with Gasteiger partial charge in [0.05, 0.1) is 45.8 Å². The molecule has 5 rings (SSSR count). The molecule has 1 saturated heterocycles. The number of hydrogen-bond donors (Lipinski definition) is 1. The van der Waals surface area contributed by atoms with E-state index < -0.39 is 17.7 Å². The van der Waals surface area contributed by atoms with Crippen molar-refractivity contribution < 1.29 is 38.1 Å². The lowest BCUT2D eigenvalue weighted by molar-refractivity contribution is -0.140. The second-order valence-corrected chi connectivity index (χ2v) is 9.70. The molecular formula is C33H31NO8. The largest absolute Gasteiger partial charge is 0.507 e. The van der Waals surface area contributed by atoms with E-state index >= 15 is 0 Å². The number of likely N-dealkylation sites (tertiary alicyclic amines) is 1. The summed E-state index contributed by atoms with van der Waals surface area (Å²) in [6.07, 6.45) is 1.49. The highest BCUT2D eigenvalue weighted by Crippen LogP contribution is 2.46. The summed E-state index contributed by atoms with van der Waals surface area (Å²) in [6, 6.07) is 20.4. The number of hydrogen-bond acceptors (Lipinski definition) is 8. The average molecular weight is 570 g/mol. The second kappa shape index (κ2) is 12.1. The van der Waals surface area contributed by atoms with E-state index in [0.29, 0.717) is 46.5 Å². The number of furan rings is 1. The fraction of sp³-hybridized carbons (Fsp3) is 0.212. The highest BCUT2D eigenvalue weighted by atomic mass is 16.5. The predicted octanol–water partition coefficient (Wildman–Crippen LogP) is 5.81. The summed E-state index contributed by atoms with van der Waals surface area (Å²) in [7, 11) is 4.44. The molecule has 3 aromatic carbocycles. The van der Waals surface area contributed by atoms with Gasteiger partial charge in [0.2, 0.25) is 5.75 Å². The number of carbonyl (C=O) groups is 2. The minimum Gasteiger partial charge on any atom is -0.507 e. The lowest BCUT2D eigenvalue weighted by Crippen LogP contribution is -2.29. The van der Waals surface area contributed by atoms with Crippen molar-refractivity contribution in [2.75, 3.05) is 21.3 Å². The van der Waals surface area contributed by atoms with Gasteiger partial charge in [0.25, 0.3) is 11.7 Å².